The fourth-order valence-corrected chi connectivity index (χ4v) is 5.19. The molecular formula is C35H35F3N6O8S. The van der Waals surface area contributed by atoms with Crippen molar-refractivity contribution in [3.05, 3.63) is 107 Å². The van der Waals surface area contributed by atoms with Crippen LogP contribution in [0.4, 0.5) is 18.9 Å². The molecule has 0 aliphatic heterocycles. The summed E-state index contributed by atoms with van der Waals surface area (Å²) in [6.07, 6.45) is -0.427. The number of nitrogens with one attached hydrogen (secondary N) is 1. The molecule has 18 heteroatoms. The van der Waals surface area contributed by atoms with Gasteiger partial charge in [-0.25, -0.2) is 14.8 Å². The molecule has 4 aromatic rings. The topological polar surface area (TPSA) is 211 Å². The van der Waals surface area contributed by atoms with Crippen molar-refractivity contribution in [3.63, 3.8) is 0 Å². The Morgan fingerprint density at radius 2 is 1.66 bits per heavy atom. The molecule has 0 fully saturated rings. The number of imidazole rings is 1. The third kappa shape index (κ3) is 12.9. The summed E-state index contributed by atoms with van der Waals surface area (Å²) in [4.78, 5) is 40.6. The number of rotatable bonds is 15. The van der Waals surface area contributed by atoms with Crippen molar-refractivity contribution in [3.8, 4) is 11.9 Å². The van der Waals surface area contributed by atoms with Crippen LogP contribution in [0.5, 0.6) is 5.88 Å². The molecule has 0 aliphatic rings. The number of aliphatic carboxylic acids is 3. The molecule has 0 bridgehead atoms. The fraction of sp³-hybridized carbons (Fsp3) is 0.286. The Balaban J connectivity index is 0.000000496. The molecule has 2 aromatic heterocycles. The number of benzene rings is 2. The lowest BCUT2D eigenvalue weighted by molar-refractivity contribution is -0.170. The van der Waals surface area contributed by atoms with Crippen LogP contribution in [0, 0.1) is 11.3 Å². The third-order valence-electron chi connectivity index (χ3n) is 7.55. The van der Waals surface area contributed by atoms with Crippen molar-refractivity contribution in [2.45, 2.75) is 50.6 Å². The second-order valence-corrected chi connectivity index (χ2v) is 11.9. The van der Waals surface area contributed by atoms with E-state index in [2.05, 4.69) is 21.4 Å². The highest BCUT2D eigenvalue weighted by Crippen LogP contribution is 2.32. The number of carboxylic acid groups (broad SMARTS) is 3. The minimum absolute atomic E-state index is 0.0183. The molecule has 0 saturated carbocycles. The number of methoxy groups -OCH3 is 1. The second-order valence-electron chi connectivity index (χ2n) is 11.5. The van der Waals surface area contributed by atoms with Gasteiger partial charge in [-0.1, -0.05) is 30.3 Å². The number of hydrogen-bond donors (Lipinski definition) is 5. The predicted octanol–water partition coefficient (Wildman–Crippen LogP) is 4.81. The van der Waals surface area contributed by atoms with Gasteiger partial charge in [0.25, 0.3) is 0 Å². The van der Waals surface area contributed by atoms with E-state index in [9.17, 15) is 27.6 Å². The third-order valence-corrected chi connectivity index (χ3v) is 7.91. The van der Waals surface area contributed by atoms with Crippen molar-refractivity contribution in [1.82, 2.24) is 19.4 Å². The van der Waals surface area contributed by atoms with E-state index >= 15 is 0 Å². The van der Waals surface area contributed by atoms with Crippen LogP contribution in [0.1, 0.15) is 47.2 Å². The number of hydrogen-bond acceptors (Lipinski definition) is 9. The zero-order valence-corrected chi connectivity index (χ0v) is 29.0. The Kier molecular flexibility index (Phi) is 14.8. The maximum absolute atomic E-state index is 13.7. The largest absolute Gasteiger partial charge is 0.481 e. The van der Waals surface area contributed by atoms with E-state index < -0.39 is 48.1 Å². The number of alkyl halides is 3. The molecule has 0 amide bonds. The van der Waals surface area contributed by atoms with Gasteiger partial charge in [0, 0.05) is 37.6 Å². The summed E-state index contributed by atoms with van der Waals surface area (Å²) < 4.78 is 48.2. The van der Waals surface area contributed by atoms with Crippen molar-refractivity contribution >= 4 is 40.9 Å². The molecule has 0 saturated heterocycles. The number of aliphatic hydroxyl groups is 1. The molecule has 2 heterocycles. The van der Waals surface area contributed by atoms with E-state index in [4.69, 9.17) is 42.6 Å². The zero-order valence-electron chi connectivity index (χ0n) is 28.2. The molecule has 0 radical (unpaired) electrons. The van der Waals surface area contributed by atoms with Gasteiger partial charge in [-0.05, 0) is 60.5 Å². The monoisotopic (exact) mass is 756 g/mol. The molecule has 0 atom stereocenters. The zero-order chi connectivity index (χ0) is 39.2. The van der Waals surface area contributed by atoms with E-state index in [1.165, 1.54) is 19.2 Å². The Morgan fingerprint density at radius 3 is 2.21 bits per heavy atom. The first-order valence-corrected chi connectivity index (χ1v) is 16.0. The number of ether oxygens (including phenoxy) is 1. The highest BCUT2D eigenvalue weighted by Gasteiger charge is 2.40. The Morgan fingerprint density at radius 1 is 1.00 bits per heavy atom. The van der Waals surface area contributed by atoms with Crippen LogP contribution in [0.3, 0.4) is 0 Å². The van der Waals surface area contributed by atoms with E-state index in [1.807, 2.05) is 16.7 Å². The van der Waals surface area contributed by atoms with Crippen LogP contribution in [-0.4, -0.2) is 82.1 Å². The summed E-state index contributed by atoms with van der Waals surface area (Å²) in [5, 5.41) is 46.2. The van der Waals surface area contributed by atoms with Crippen molar-refractivity contribution < 1.29 is 52.7 Å². The molecule has 0 aliphatic carbocycles. The van der Waals surface area contributed by atoms with Gasteiger partial charge in [-0.2, -0.15) is 18.4 Å². The van der Waals surface area contributed by atoms with E-state index in [0.717, 1.165) is 17.3 Å². The SMILES string of the molecule is COc1ccc(NC(=S)N(CCCc2cncn2Cc2ccc(C#N)cc2)Cc2ccccc2C(F)(F)F)cn1.O=C(O)CC(O)(CC(=O)O)C(=O)O. The number of aromatic nitrogens is 3. The smallest absolute Gasteiger partial charge is 0.416 e. The minimum Gasteiger partial charge on any atom is -0.481 e. The first-order chi connectivity index (χ1) is 25.0. The van der Waals surface area contributed by atoms with E-state index in [1.54, 1.807) is 54.0 Å². The number of aryl methyl sites for hydroxylation is 1. The Bertz CT molecular complexity index is 1900. The van der Waals surface area contributed by atoms with Gasteiger partial charge in [0.15, 0.2) is 10.7 Å². The quantitative estimate of drug-likeness (QED) is 0.103. The van der Waals surface area contributed by atoms with Crippen LogP contribution in [0.2, 0.25) is 0 Å². The fourth-order valence-electron chi connectivity index (χ4n) is 4.92. The number of halogens is 3. The molecule has 0 spiro atoms. The number of anilines is 1. The first kappa shape index (κ1) is 41.4. The Hall–Kier alpha value is -6.06. The van der Waals surface area contributed by atoms with Crippen LogP contribution < -0.4 is 10.1 Å². The van der Waals surface area contributed by atoms with Crippen molar-refractivity contribution in [1.29, 1.82) is 5.26 Å². The summed E-state index contributed by atoms with van der Waals surface area (Å²) in [7, 11) is 1.51. The number of nitriles is 1. The number of nitrogens with zero attached hydrogens (tertiary/aromatic N) is 5. The molecular weight excluding hydrogens is 721 g/mol. The summed E-state index contributed by atoms with van der Waals surface area (Å²) in [6, 6.07) is 18.4. The minimum atomic E-state index is -4.48. The van der Waals surface area contributed by atoms with Gasteiger partial charge in [-0.3, -0.25) is 9.59 Å². The average molecular weight is 757 g/mol. The maximum atomic E-state index is 13.7. The number of carboxylic acids is 3. The molecule has 2 aromatic carbocycles. The maximum Gasteiger partial charge on any atom is 0.416 e. The molecule has 53 heavy (non-hydrogen) atoms. The highest BCUT2D eigenvalue weighted by atomic mass is 32.1. The summed E-state index contributed by atoms with van der Waals surface area (Å²) in [6.45, 7) is 0.980. The van der Waals surface area contributed by atoms with Crippen LogP contribution in [0.25, 0.3) is 0 Å². The lowest BCUT2D eigenvalue weighted by atomic mass is 9.96. The van der Waals surface area contributed by atoms with E-state index in [0.29, 0.717) is 43.1 Å². The van der Waals surface area contributed by atoms with Crippen molar-refractivity contribution in [2.75, 3.05) is 19.0 Å². The molecule has 280 valence electrons. The van der Waals surface area contributed by atoms with Crippen LogP contribution in [-0.2, 0) is 40.1 Å². The van der Waals surface area contributed by atoms with Crippen molar-refractivity contribution in [2.24, 2.45) is 0 Å². The predicted molar refractivity (Wildman–Crippen MR) is 187 cm³/mol. The van der Waals surface area contributed by atoms with Crippen LogP contribution in [0.15, 0.2) is 79.4 Å². The second kappa shape index (κ2) is 19.0. The summed E-state index contributed by atoms with van der Waals surface area (Å²) in [5.41, 5.74) is -0.0812. The van der Waals surface area contributed by atoms with Gasteiger partial charge in [0.05, 0.1) is 55.4 Å². The highest BCUT2D eigenvalue weighted by molar-refractivity contribution is 7.80. The van der Waals surface area contributed by atoms with Crippen LogP contribution >= 0.6 is 12.2 Å². The number of carbonyl (C=O) groups is 3. The molecule has 4 rings (SSSR count). The lowest BCUT2D eigenvalue weighted by Gasteiger charge is -2.27. The van der Waals surface area contributed by atoms with Gasteiger partial charge >= 0.3 is 24.1 Å². The van der Waals surface area contributed by atoms with Gasteiger partial charge < -0.3 is 39.9 Å². The average Bonchev–Trinajstić information content (AvgIpc) is 3.54. The van der Waals surface area contributed by atoms with Gasteiger partial charge in [0.2, 0.25) is 5.88 Å². The molecule has 0 unspecified atom stereocenters. The normalized spacial score (nSPS) is 11.0. The number of thiocarbonyl (C=S) groups is 1. The van der Waals surface area contributed by atoms with Gasteiger partial charge in [-0.15, -0.1) is 0 Å². The standard InChI is InChI=1S/C29H27F3N6OS.C6H8O7/c1-39-27-13-12-24(16-35-27)36-28(40)37(19-23-5-2-3-7-26(23)29(30,31)32)14-4-6-25-17-34-20-38(25)18-22-10-8-21(15-33)9-11-22;7-3(8)1-6(13,5(11)12)2-4(9)10/h2-3,5,7-13,16-17,20H,4,6,14,18-19H2,1H3,(H,36,40);13H,1-2H2,(H,7,8)(H,9,10)(H,11,12). The van der Waals surface area contributed by atoms with E-state index in [-0.39, 0.29) is 17.2 Å². The lowest BCUT2D eigenvalue weighted by Crippen LogP contribution is -2.42. The number of pyridine rings is 1. The molecule has 14 nitrogen and oxygen atoms in total. The molecule has 5 N–H and O–H groups in total. The Labute approximate surface area is 306 Å². The summed E-state index contributed by atoms with van der Waals surface area (Å²) in [5.74, 6) is -4.58. The summed E-state index contributed by atoms with van der Waals surface area (Å²) >= 11 is 5.63. The first-order valence-electron chi connectivity index (χ1n) is 15.6. The van der Waals surface area contributed by atoms with Gasteiger partial charge in [0.1, 0.15) is 0 Å².